The minimum absolute atomic E-state index is 0.206. The topological polar surface area (TPSA) is 114 Å². The van der Waals surface area contributed by atoms with Gasteiger partial charge in [-0.25, -0.2) is 9.59 Å². The molecule has 7 nitrogen and oxygen atoms in total. The van der Waals surface area contributed by atoms with Crippen LogP contribution in [0.3, 0.4) is 0 Å². The van der Waals surface area contributed by atoms with E-state index in [0.717, 1.165) is 12.0 Å². The fraction of sp³-hybridized carbons (Fsp3) is 0.267. The predicted molar refractivity (Wildman–Crippen MR) is 146 cm³/mol. The van der Waals surface area contributed by atoms with Crippen LogP contribution in [0.5, 0.6) is 11.5 Å². The van der Waals surface area contributed by atoms with E-state index in [9.17, 15) is 9.59 Å². The summed E-state index contributed by atoms with van der Waals surface area (Å²) < 4.78 is 16.3. The summed E-state index contributed by atoms with van der Waals surface area (Å²) in [6, 6.07) is 19.6. The van der Waals surface area contributed by atoms with E-state index in [4.69, 9.17) is 25.7 Å². The van der Waals surface area contributed by atoms with Crippen molar-refractivity contribution in [2.45, 2.75) is 39.0 Å². The van der Waals surface area contributed by atoms with Gasteiger partial charge in [-0.1, -0.05) is 44.0 Å². The Hall–Kier alpha value is -4.26. The third-order valence-electron chi connectivity index (χ3n) is 5.51. The molecule has 3 rings (SSSR count). The molecular formula is C30H34N2O5. The van der Waals surface area contributed by atoms with Crippen molar-refractivity contribution in [2.24, 2.45) is 0 Å². The molecule has 194 valence electrons. The number of benzene rings is 3. The first-order chi connectivity index (χ1) is 17.9. The minimum Gasteiger partial charge on any atom is -0.493 e. The Labute approximate surface area is 218 Å². The highest BCUT2D eigenvalue weighted by molar-refractivity contribution is 5.91. The molecule has 0 saturated carbocycles. The average Bonchev–Trinajstić information content (AvgIpc) is 2.88. The second-order valence-corrected chi connectivity index (χ2v) is 8.65. The number of anilines is 2. The van der Waals surface area contributed by atoms with Crippen LogP contribution in [0, 0.1) is 0 Å². The summed E-state index contributed by atoms with van der Waals surface area (Å²) >= 11 is 0. The molecule has 0 unspecified atom stereocenters. The van der Waals surface area contributed by atoms with Crippen molar-refractivity contribution in [3.05, 3.63) is 89.5 Å². The van der Waals surface area contributed by atoms with Gasteiger partial charge in [0.15, 0.2) is 0 Å². The molecule has 0 aliphatic heterocycles. The molecular weight excluding hydrogens is 468 g/mol. The Kier molecular flexibility index (Phi) is 10.6. The van der Waals surface area contributed by atoms with Crippen molar-refractivity contribution < 1.29 is 23.8 Å². The zero-order valence-corrected chi connectivity index (χ0v) is 21.2. The van der Waals surface area contributed by atoms with E-state index in [2.05, 4.69) is 6.92 Å². The van der Waals surface area contributed by atoms with E-state index < -0.39 is 11.9 Å². The quantitative estimate of drug-likeness (QED) is 0.0994. The molecule has 0 aromatic heterocycles. The van der Waals surface area contributed by atoms with Gasteiger partial charge in [0.2, 0.25) is 0 Å². The van der Waals surface area contributed by atoms with E-state index in [0.29, 0.717) is 41.5 Å². The number of rotatable bonds is 13. The largest absolute Gasteiger partial charge is 0.493 e. The van der Waals surface area contributed by atoms with Gasteiger partial charge in [-0.15, -0.1) is 0 Å². The molecule has 3 aromatic rings. The zero-order valence-electron chi connectivity index (χ0n) is 21.2. The van der Waals surface area contributed by atoms with Gasteiger partial charge in [-0.3, -0.25) is 0 Å². The average molecular weight is 503 g/mol. The number of unbranched alkanes of at least 4 members (excludes halogenated alkanes) is 2. The zero-order chi connectivity index (χ0) is 26.5. The maximum atomic E-state index is 12.1. The molecule has 0 spiro atoms. The standard InChI is InChI=1S/C30H34N2O5/c1-2-3-4-6-22-9-14-28(15-10-22)37-29(33)16-11-23-7-12-27(13-8-23)35-17-5-18-36-30(34)24-19-25(31)21-26(32)20-24/h7-16,19-21H,2-6,17-18,31-32H2,1H3/b16-11+. The number of hydrogen-bond donors (Lipinski definition) is 2. The molecule has 0 amide bonds. The van der Waals surface area contributed by atoms with Crippen LogP contribution in [0.15, 0.2) is 72.8 Å². The molecule has 0 atom stereocenters. The van der Waals surface area contributed by atoms with E-state index in [1.54, 1.807) is 12.1 Å². The fourth-order valence-corrected chi connectivity index (χ4v) is 3.58. The highest BCUT2D eigenvalue weighted by Gasteiger charge is 2.08. The summed E-state index contributed by atoms with van der Waals surface area (Å²) in [6.07, 6.45) is 8.22. The van der Waals surface area contributed by atoms with Crippen molar-refractivity contribution in [3.63, 3.8) is 0 Å². The number of nitrogens with two attached hydrogens (primary N) is 2. The minimum atomic E-state index is -0.479. The van der Waals surface area contributed by atoms with Crippen LogP contribution in [0.4, 0.5) is 11.4 Å². The molecule has 0 radical (unpaired) electrons. The van der Waals surface area contributed by atoms with Crippen molar-refractivity contribution in [2.75, 3.05) is 24.7 Å². The van der Waals surface area contributed by atoms with E-state index in [1.165, 1.54) is 43.0 Å². The second kappa shape index (κ2) is 14.3. The van der Waals surface area contributed by atoms with E-state index >= 15 is 0 Å². The molecule has 0 heterocycles. The maximum absolute atomic E-state index is 12.1. The lowest BCUT2D eigenvalue weighted by molar-refractivity contribution is -0.128. The van der Waals surface area contributed by atoms with Gasteiger partial charge in [-0.2, -0.15) is 0 Å². The number of nitrogen functional groups attached to an aromatic ring is 2. The highest BCUT2D eigenvalue weighted by atomic mass is 16.5. The van der Waals surface area contributed by atoms with Crippen molar-refractivity contribution in [1.82, 2.24) is 0 Å². The summed E-state index contributed by atoms with van der Waals surface area (Å²) in [6.45, 7) is 2.77. The van der Waals surface area contributed by atoms with Crippen LogP contribution < -0.4 is 20.9 Å². The molecule has 0 bridgehead atoms. The molecule has 0 saturated heterocycles. The van der Waals surface area contributed by atoms with Crippen LogP contribution in [-0.4, -0.2) is 25.2 Å². The van der Waals surface area contributed by atoms with Crippen molar-refractivity contribution >= 4 is 29.4 Å². The SMILES string of the molecule is CCCCCc1ccc(OC(=O)/C=C/c2ccc(OCCCOC(=O)c3cc(N)cc(N)c3)cc2)cc1. The summed E-state index contributed by atoms with van der Waals surface area (Å²) in [7, 11) is 0. The van der Waals surface area contributed by atoms with Gasteiger partial charge >= 0.3 is 11.9 Å². The van der Waals surface area contributed by atoms with Gasteiger partial charge in [0.25, 0.3) is 0 Å². The number of carbonyl (C=O) groups excluding carboxylic acids is 2. The van der Waals surface area contributed by atoms with Gasteiger partial charge in [-0.05, 0) is 72.5 Å². The molecule has 4 N–H and O–H groups in total. The summed E-state index contributed by atoms with van der Waals surface area (Å²) in [5.74, 6) is 0.289. The first-order valence-corrected chi connectivity index (χ1v) is 12.5. The second-order valence-electron chi connectivity index (χ2n) is 8.65. The number of carbonyl (C=O) groups is 2. The fourth-order valence-electron chi connectivity index (χ4n) is 3.58. The van der Waals surface area contributed by atoms with Crippen LogP contribution in [-0.2, 0) is 16.0 Å². The predicted octanol–water partition coefficient (Wildman–Crippen LogP) is 5.83. The lowest BCUT2D eigenvalue weighted by Gasteiger charge is -2.08. The molecule has 37 heavy (non-hydrogen) atoms. The third kappa shape index (κ3) is 9.72. The lowest BCUT2D eigenvalue weighted by Crippen LogP contribution is -2.10. The van der Waals surface area contributed by atoms with Crippen LogP contribution >= 0.6 is 0 Å². The maximum Gasteiger partial charge on any atom is 0.338 e. The van der Waals surface area contributed by atoms with Crippen molar-refractivity contribution in [3.8, 4) is 11.5 Å². The van der Waals surface area contributed by atoms with Gasteiger partial charge in [0.05, 0.1) is 18.8 Å². The Morgan fingerprint density at radius 3 is 2.16 bits per heavy atom. The van der Waals surface area contributed by atoms with Crippen LogP contribution in [0.25, 0.3) is 6.08 Å². The molecule has 0 fully saturated rings. The summed E-state index contributed by atoms with van der Waals surface area (Å²) in [5, 5.41) is 0. The number of aryl methyl sites for hydroxylation is 1. The molecule has 3 aromatic carbocycles. The van der Waals surface area contributed by atoms with Crippen LogP contribution in [0.2, 0.25) is 0 Å². The number of hydrogen-bond acceptors (Lipinski definition) is 7. The summed E-state index contributed by atoms with van der Waals surface area (Å²) in [5.41, 5.74) is 14.6. The Balaban J connectivity index is 1.36. The van der Waals surface area contributed by atoms with Crippen molar-refractivity contribution in [1.29, 1.82) is 0 Å². The molecule has 7 heteroatoms. The Morgan fingerprint density at radius 1 is 0.811 bits per heavy atom. The first kappa shape index (κ1) is 27.3. The smallest absolute Gasteiger partial charge is 0.338 e. The first-order valence-electron chi connectivity index (χ1n) is 12.5. The van der Waals surface area contributed by atoms with E-state index in [-0.39, 0.29) is 6.61 Å². The van der Waals surface area contributed by atoms with Gasteiger partial charge < -0.3 is 25.7 Å². The molecule has 0 aliphatic rings. The monoisotopic (exact) mass is 502 g/mol. The Morgan fingerprint density at radius 2 is 1.49 bits per heavy atom. The van der Waals surface area contributed by atoms with Crippen LogP contribution in [0.1, 0.15) is 54.1 Å². The van der Waals surface area contributed by atoms with Gasteiger partial charge in [0, 0.05) is 23.9 Å². The number of esters is 2. The summed E-state index contributed by atoms with van der Waals surface area (Å²) in [4.78, 5) is 24.2. The highest BCUT2D eigenvalue weighted by Crippen LogP contribution is 2.17. The Bertz CT molecular complexity index is 1170. The van der Waals surface area contributed by atoms with Gasteiger partial charge in [0.1, 0.15) is 11.5 Å². The van der Waals surface area contributed by atoms with E-state index in [1.807, 2.05) is 48.5 Å². The molecule has 0 aliphatic carbocycles. The number of ether oxygens (including phenoxy) is 3. The lowest BCUT2D eigenvalue weighted by atomic mass is 10.1. The normalized spacial score (nSPS) is 10.8. The third-order valence-corrected chi connectivity index (χ3v) is 5.51.